The Morgan fingerprint density at radius 2 is 2.05 bits per heavy atom. The summed E-state index contributed by atoms with van der Waals surface area (Å²) >= 11 is 0. The van der Waals surface area contributed by atoms with Crippen LogP contribution in [-0.2, 0) is 19.1 Å². The molecule has 2 rings (SSSR count). The van der Waals surface area contributed by atoms with Gasteiger partial charge in [-0.1, -0.05) is 19.9 Å². The lowest BCUT2D eigenvalue weighted by Crippen LogP contribution is -2.36. The molecule has 7 heteroatoms. The summed E-state index contributed by atoms with van der Waals surface area (Å²) in [6, 6.07) is -0.664. The molecule has 0 saturated carbocycles. The molecule has 0 aliphatic heterocycles. The van der Waals surface area contributed by atoms with E-state index in [-0.39, 0.29) is 24.5 Å². The molecule has 1 aliphatic rings. The number of nitrogens with zero attached hydrogens (tertiary/aromatic N) is 1. The fourth-order valence-electron chi connectivity index (χ4n) is 1.92. The maximum absolute atomic E-state index is 11.8. The molecule has 0 saturated heterocycles. The average Bonchev–Trinajstić information content (AvgIpc) is 2.92. The highest BCUT2D eigenvalue weighted by Gasteiger charge is 2.24. The van der Waals surface area contributed by atoms with Crippen LogP contribution in [0.1, 0.15) is 26.7 Å². The van der Waals surface area contributed by atoms with Crippen molar-refractivity contribution in [3.05, 3.63) is 10.8 Å². The molecule has 1 aliphatic carbocycles. The first kappa shape index (κ1) is 16.1. The second-order valence-corrected chi connectivity index (χ2v) is 5.26. The number of nitrogens with one attached hydrogen (secondary N) is 1. The molecule has 1 unspecified atom stereocenters. The van der Waals surface area contributed by atoms with Crippen LogP contribution in [0.25, 0.3) is 12.2 Å². The van der Waals surface area contributed by atoms with E-state index < -0.39 is 12.0 Å². The predicted molar refractivity (Wildman–Crippen MR) is 79.1 cm³/mol. The van der Waals surface area contributed by atoms with Crippen molar-refractivity contribution in [2.45, 2.75) is 32.7 Å². The van der Waals surface area contributed by atoms with Crippen molar-refractivity contribution in [3.63, 3.8) is 0 Å². The molecule has 0 spiro atoms. The van der Waals surface area contributed by atoms with Crippen molar-refractivity contribution in [2.75, 3.05) is 19.0 Å². The molecule has 0 bridgehead atoms. The zero-order chi connectivity index (χ0) is 16.1. The lowest BCUT2D eigenvalue weighted by molar-refractivity contribution is -0.151. The first-order valence-electron chi connectivity index (χ1n) is 7.19. The van der Waals surface area contributed by atoms with Crippen LogP contribution in [-0.4, -0.2) is 36.7 Å². The SMILES string of the molecule is COC(=O)C(COC(=O)C(C)C)Nc1nc2c(o1)=CCCC=2. The fourth-order valence-corrected chi connectivity index (χ4v) is 1.92. The van der Waals surface area contributed by atoms with Gasteiger partial charge in [0, 0.05) is 0 Å². The molecule has 1 aromatic rings. The molecule has 7 nitrogen and oxygen atoms in total. The van der Waals surface area contributed by atoms with E-state index in [9.17, 15) is 9.59 Å². The molecule has 0 amide bonds. The Morgan fingerprint density at radius 1 is 1.32 bits per heavy atom. The van der Waals surface area contributed by atoms with E-state index in [2.05, 4.69) is 10.3 Å². The number of anilines is 1. The molecule has 1 heterocycles. The summed E-state index contributed by atoms with van der Waals surface area (Å²) < 4.78 is 15.3. The van der Waals surface area contributed by atoms with Crippen molar-refractivity contribution in [3.8, 4) is 0 Å². The van der Waals surface area contributed by atoms with E-state index in [1.807, 2.05) is 12.2 Å². The number of hydrogen-bond donors (Lipinski definition) is 1. The van der Waals surface area contributed by atoms with E-state index in [0.717, 1.165) is 18.2 Å². The number of ether oxygens (including phenoxy) is 2. The predicted octanol–water partition coefficient (Wildman–Crippen LogP) is 0.182. The molecule has 1 aromatic heterocycles. The Labute approximate surface area is 128 Å². The van der Waals surface area contributed by atoms with Crippen molar-refractivity contribution in [1.29, 1.82) is 0 Å². The highest BCUT2D eigenvalue weighted by Crippen LogP contribution is 2.05. The Balaban J connectivity index is 2.08. The Kier molecular flexibility index (Phi) is 5.19. The minimum atomic E-state index is -0.868. The van der Waals surface area contributed by atoms with Crippen molar-refractivity contribution >= 4 is 30.1 Å². The smallest absolute Gasteiger partial charge is 0.332 e. The highest BCUT2D eigenvalue weighted by atomic mass is 16.5. The standard InChI is InChI=1S/C15H20N2O5/c1-9(2)13(18)21-8-11(14(19)20-3)17-15-16-10-6-4-5-7-12(10)22-15/h6-7,9,11H,4-5,8H2,1-3H3,(H,16,17). The molecule has 0 fully saturated rings. The van der Waals surface area contributed by atoms with Gasteiger partial charge >= 0.3 is 11.9 Å². The fraction of sp³-hybridized carbons (Fsp3) is 0.533. The topological polar surface area (TPSA) is 90.7 Å². The van der Waals surface area contributed by atoms with Crippen LogP contribution in [0.5, 0.6) is 0 Å². The number of hydrogen-bond acceptors (Lipinski definition) is 7. The van der Waals surface area contributed by atoms with Crippen LogP contribution < -0.4 is 16.1 Å². The average molecular weight is 308 g/mol. The lowest BCUT2D eigenvalue weighted by Gasteiger charge is -2.16. The lowest BCUT2D eigenvalue weighted by atomic mass is 10.2. The van der Waals surface area contributed by atoms with Gasteiger partial charge in [0.2, 0.25) is 0 Å². The van der Waals surface area contributed by atoms with Crippen molar-refractivity contribution in [2.24, 2.45) is 5.92 Å². The number of fused-ring (bicyclic) bond motifs is 1. The van der Waals surface area contributed by atoms with Gasteiger partial charge in [0.25, 0.3) is 6.01 Å². The van der Waals surface area contributed by atoms with Crippen LogP contribution in [0.3, 0.4) is 0 Å². The van der Waals surface area contributed by atoms with Gasteiger partial charge in [0.1, 0.15) is 12.0 Å². The zero-order valence-electron chi connectivity index (χ0n) is 12.9. The van der Waals surface area contributed by atoms with Crippen LogP contribution in [0, 0.1) is 5.92 Å². The number of methoxy groups -OCH3 is 1. The van der Waals surface area contributed by atoms with Gasteiger partial charge in [-0.15, -0.1) is 0 Å². The summed E-state index contributed by atoms with van der Waals surface area (Å²) in [7, 11) is 1.27. The molecular formula is C15H20N2O5. The minimum absolute atomic E-state index is 0.149. The van der Waals surface area contributed by atoms with Gasteiger partial charge in [-0.25, -0.2) is 4.79 Å². The van der Waals surface area contributed by atoms with Crippen LogP contribution in [0.2, 0.25) is 0 Å². The van der Waals surface area contributed by atoms with Gasteiger partial charge in [-0.3, -0.25) is 4.79 Å². The van der Waals surface area contributed by atoms with E-state index in [4.69, 9.17) is 13.9 Å². The van der Waals surface area contributed by atoms with E-state index >= 15 is 0 Å². The number of carbonyl (C=O) groups excluding carboxylic acids is 2. The summed E-state index contributed by atoms with van der Waals surface area (Å²) in [4.78, 5) is 27.6. The number of carbonyl (C=O) groups is 2. The monoisotopic (exact) mass is 308 g/mol. The first-order valence-corrected chi connectivity index (χ1v) is 7.19. The maximum atomic E-state index is 11.8. The maximum Gasteiger partial charge on any atom is 0.332 e. The Morgan fingerprint density at radius 3 is 2.68 bits per heavy atom. The number of esters is 2. The van der Waals surface area contributed by atoms with E-state index in [1.165, 1.54) is 7.11 Å². The molecule has 1 atom stereocenters. The molecular weight excluding hydrogens is 288 g/mol. The third kappa shape index (κ3) is 3.87. The summed E-state index contributed by atoms with van der Waals surface area (Å²) in [6.45, 7) is 3.29. The quantitative estimate of drug-likeness (QED) is 0.750. The summed E-state index contributed by atoms with van der Waals surface area (Å²) in [5, 5.41) is 3.56. The summed E-state index contributed by atoms with van der Waals surface area (Å²) in [5.41, 5.74) is 0.677. The minimum Gasteiger partial charge on any atom is -0.467 e. The first-order chi connectivity index (χ1) is 10.5. The van der Waals surface area contributed by atoms with Crippen molar-refractivity contribution < 1.29 is 23.5 Å². The number of rotatable bonds is 6. The van der Waals surface area contributed by atoms with Gasteiger partial charge in [0.15, 0.2) is 11.5 Å². The van der Waals surface area contributed by atoms with E-state index in [0.29, 0.717) is 5.42 Å². The molecule has 120 valence electrons. The van der Waals surface area contributed by atoms with Gasteiger partial charge < -0.3 is 19.2 Å². The molecule has 22 heavy (non-hydrogen) atoms. The second-order valence-electron chi connectivity index (χ2n) is 5.26. The normalized spacial score (nSPS) is 14.4. The van der Waals surface area contributed by atoms with E-state index in [1.54, 1.807) is 13.8 Å². The Hall–Kier alpha value is -2.31. The highest BCUT2D eigenvalue weighted by molar-refractivity contribution is 5.79. The third-order valence-corrected chi connectivity index (χ3v) is 3.16. The van der Waals surface area contributed by atoms with Crippen LogP contribution >= 0.6 is 0 Å². The molecule has 1 N–H and O–H groups in total. The summed E-state index contributed by atoms with van der Waals surface area (Å²) in [6.07, 6.45) is 5.72. The number of oxazole rings is 1. The third-order valence-electron chi connectivity index (χ3n) is 3.16. The summed E-state index contributed by atoms with van der Waals surface area (Å²) in [5.74, 6) is -1.21. The van der Waals surface area contributed by atoms with Crippen LogP contribution in [0.4, 0.5) is 6.01 Å². The van der Waals surface area contributed by atoms with Crippen molar-refractivity contribution in [1.82, 2.24) is 4.98 Å². The largest absolute Gasteiger partial charge is 0.467 e. The van der Waals surface area contributed by atoms with Gasteiger partial charge in [-0.2, -0.15) is 4.98 Å². The number of aromatic nitrogens is 1. The molecule has 0 aromatic carbocycles. The molecule has 0 radical (unpaired) electrons. The van der Waals surface area contributed by atoms with Gasteiger partial charge in [0.05, 0.1) is 13.0 Å². The zero-order valence-corrected chi connectivity index (χ0v) is 12.9. The van der Waals surface area contributed by atoms with Gasteiger partial charge in [-0.05, 0) is 18.9 Å². The van der Waals surface area contributed by atoms with Crippen LogP contribution in [0.15, 0.2) is 4.42 Å². The Bertz CT molecular complexity index is 628. The second kappa shape index (κ2) is 7.11.